The molecule has 6 nitrogen and oxygen atoms in total. The Kier molecular flexibility index (Phi) is 6.68. The lowest BCUT2D eigenvalue weighted by Crippen LogP contribution is -2.63. The molecule has 4 saturated carbocycles. The number of ether oxygens (including phenoxy) is 3. The highest BCUT2D eigenvalue weighted by atomic mass is 16.6. The SMILES string of the molecule is CCOC(=O)[C@H]1CC[C@H]2[C@@H]3CC[C@H]4C[C@H](OC(C)=O)[C@@H](OCC)C[C@]4(C)[C@H]3[C@H](N)C[C@]12C. The molecule has 0 heterocycles. The molecule has 4 aliphatic carbocycles. The zero-order valence-electron chi connectivity index (χ0n) is 20.6. The molecule has 0 aliphatic heterocycles. The Bertz CT molecular complexity index is 727. The van der Waals surface area contributed by atoms with Crippen LogP contribution in [0.25, 0.3) is 0 Å². The van der Waals surface area contributed by atoms with Gasteiger partial charge in [-0.15, -0.1) is 0 Å². The van der Waals surface area contributed by atoms with Crippen LogP contribution in [0.1, 0.15) is 79.6 Å². The standard InChI is InChI=1S/C26H43NO5/c1-6-30-22-14-25(4)16(12-21(22)32-15(3)28)8-9-17-18-10-11-19(24(29)31-7-2)26(18,5)13-20(27)23(17)25/h16-23H,6-14,27H2,1-5H3/t16-,17-,18-,19+,20+,21-,22-,23+,25-,26-/m0/s1. The molecule has 4 rings (SSSR count). The minimum Gasteiger partial charge on any atom is -0.466 e. The van der Waals surface area contributed by atoms with Crippen molar-refractivity contribution < 1.29 is 23.8 Å². The Labute approximate surface area is 193 Å². The van der Waals surface area contributed by atoms with Gasteiger partial charge in [0, 0.05) is 19.6 Å². The van der Waals surface area contributed by atoms with Crippen LogP contribution in [-0.2, 0) is 23.8 Å². The van der Waals surface area contributed by atoms with Crippen LogP contribution in [-0.4, -0.2) is 43.4 Å². The summed E-state index contributed by atoms with van der Waals surface area (Å²) in [6.07, 6.45) is 6.72. The van der Waals surface area contributed by atoms with Gasteiger partial charge in [0.1, 0.15) is 6.10 Å². The Morgan fingerprint density at radius 2 is 1.72 bits per heavy atom. The Balaban J connectivity index is 1.60. The van der Waals surface area contributed by atoms with Gasteiger partial charge in [0.05, 0.1) is 18.6 Å². The molecule has 4 aliphatic rings. The average molecular weight is 450 g/mol. The van der Waals surface area contributed by atoms with E-state index in [1.807, 2.05) is 13.8 Å². The van der Waals surface area contributed by atoms with Crippen LogP contribution in [0.5, 0.6) is 0 Å². The first-order valence-corrected chi connectivity index (χ1v) is 12.9. The summed E-state index contributed by atoms with van der Waals surface area (Å²) in [7, 11) is 0. The maximum absolute atomic E-state index is 12.8. The summed E-state index contributed by atoms with van der Waals surface area (Å²) in [5, 5.41) is 0. The third-order valence-electron chi connectivity index (χ3n) is 9.91. The van der Waals surface area contributed by atoms with Gasteiger partial charge in [-0.05, 0) is 93.3 Å². The van der Waals surface area contributed by atoms with Crippen LogP contribution in [0.3, 0.4) is 0 Å². The van der Waals surface area contributed by atoms with Crippen LogP contribution >= 0.6 is 0 Å². The van der Waals surface area contributed by atoms with E-state index in [0.717, 1.165) is 44.9 Å². The van der Waals surface area contributed by atoms with Gasteiger partial charge in [-0.3, -0.25) is 9.59 Å². The molecule has 0 bridgehead atoms. The highest BCUT2D eigenvalue weighted by molar-refractivity contribution is 5.74. The van der Waals surface area contributed by atoms with Crippen molar-refractivity contribution in [3.8, 4) is 0 Å². The van der Waals surface area contributed by atoms with E-state index in [9.17, 15) is 9.59 Å². The number of nitrogens with two attached hydrogens (primary N) is 1. The van der Waals surface area contributed by atoms with Crippen molar-refractivity contribution in [2.75, 3.05) is 13.2 Å². The second kappa shape index (κ2) is 8.90. The fourth-order valence-corrected chi connectivity index (χ4v) is 8.85. The smallest absolute Gasteiger partial charge is 0.309 e. The molecular formula is C26H43NO5. The van der Waals surface area contributed by atoms with Gasteiger partial charge >= 0.3 is 11.9 Å². The lowest BCUT2D eigenvalue weighted by atomic mass is 9.43. The Morgan fingerprint density at radius 3 is 2.38 bits per heavy atom. The molecule has 4 fully saturated rings. The monoisotopic (exact) mass is 449 g/mol. The average Bonchev–Trinajstić information content (AvgIpc) is 3.05. The van der Waals surface area contributed by atoms with Crippen molar-refractivity contribution in [3.05, 3.63) is 0 Å². The first kappa shape index (κ1) is 24.0. The number of hydrogen-bond donors (Lipinski definition) is 1. The lowest BCUT2D eigenvalue weighted by Gasteiger charge is -2.63. The summed E-state index contributed by atoms with van der Waals surface area (Å²) in [6.45, 7) is 11.2. The van der Waals surface area contributed by atoms with Crippen LogP contribution in [0.4, 0.5) is 0 Å². The summed E-state index contributed by atoms with van der Waals surface area (Å²) in [5.74, 6) is 1.69. The molecule has 182 valence electrons. The normalized spacial score (nSPS) is 47.7. The summed E-state index contributed by atoms with van der Waals surface area (Å²) in [5.41, 5.74) is 7.02. The second-order valence-corrected chi connectivity index (χ2v) is 11.4. The maximum atomic E-state index is 12.8. The van der Waals surface area contributed by atoms with Gasteiger partial charge in [-0.25, -0.2) is 0 Å². The predicted octanol–water partition coefficient (Wildman–Crippen LogP) is 4.09. The highest BCUT2D eigenvalue weighted by Crippen LogP contribution is 2.67. The number of esters is 2. The van der Waals surface area contributed by atoms with Crippen molar-refractivity contribution >= 4 is 11.9 Å². The second-order valence-electron chi connectivity index (χ2n) is 11.4. The quantitative estimate of drug-likeness (QED) is 0.636. The number of fused-ring (bicyclic) bond motifs is 5. The minimum atomic E-state index is -0.224. The molecule has 10 atom stereocenters. The molecule has 6 heteroatoms. The van der Waals surface area contributed by atoms with Gasteiger partial charge in [0.25, 0.3) is 0 Å². The molecule has 0 saturated heterocycles. The van der Waals surface area contributed by atoms with E-state index in [0.29, 0.717) is 36.9 Å². The number of carbonyl (C=O) groups is 2. The molecule has 0 unspecified atom stereocenters. The third-order valence-corrected chi connectivity index (χ3v) is 9.91. The molecule has 0 aromatic carbocycles. The summed E-state index contributed by atoms with van der Waals surface area (Å²) in [4.78, 5) is 24.5. The molecule has 2 N–H and O–H groups in total. The number of carbonyl (C=O) groups excluding carboxylic acids is 2. The van der Waals surface area contributed by atoms with Crippen molar-refractivity contribution in [3.63, 3.8) is 0 Å². The van der Waals surface area contributed by atoms with Gasteiger partial charge in [0.2, 0.25) is 0 Å². The van der Waals surface area contributed by atoms with E-state index in [-0.39, 0.29) is 46.9 Å². The molecular weight excluding hydrogens is 406 g/mol. The first-order chi connectivity index (χ1) is 15.2. The largest absolute Gasteiger partial charge is 0.466 e. The van der Waals surface area contributed by atoms with E-state index < -0.39 is 0 Å². The molecule has 32 heavy (non-hydrogen) atoms. The van der Waals surface area contributed by atoms with Gasteiger partial charge in [0.15, 0.2) is 0 Å². The zero-order valence-corrected chi connectivity index (χ0v) is 20.6. The van der Waals surface area contributed by atoms with Crippen LogP contribution in [0.2, 0.25) is 0 Å². The predicted molar refractivity (Wildman–Crippen MR) is 122 cm³/mol. The van der Waals surface area contributed by atoms with E-state index >= 15 is 0 Å². The van der Waals surface area contributed by atoms with Crippen LogP contribution in [0.15, 0.2) is 0 Å². The first-order valence-electron chi connectivity index (χ1n) is 12.9. The zero-order chi connectivity index (χ0) is 23.3. The van der Waals surface area contributed by atoms with E-state index in [4.69, 9.17) is 19.9 Å². The van der Waals surface area contributed by atoms with Crippen molar-refractivity contribution in [2.45, 2.75) is 97.8 Å². The van der Waals surface area contributed by atoms with Gasteiger partial charge in [-0.2, -0.15) is 0 Å². The van der Waals surface area contributed by atoms with Crippen molar-refractivity contribution in [1.29, 1.82) is 0 Å². The maximum Gasteiger partial charge on any atom is 0.309 e. The molecule has 0 aromatic rings. The molecule has 0 spiro atoms. The minimum absolute atomic E-state index is 0.0265. The van der Waals surface area contributed by atoms with Gasteiger partial charge in [-0.1, -0.05) is 13.8 Å². The third kappa shape index (κ3) is 3.79. The van der Waals surface area contributed by atoms with Crippen molar-refractivity contribution in [1.82, 2.24) is 0 Å². The van der Waals surface area contributed by atoms with Crippen LogP contribution < -0.4 is 5.73 Å². The summed E-state index contributed by atoms with van der Waals surface area (Å²) < 4.78 is 17.3. The summed E-state index contributed by atoms with van der Waals surface area (Å²) >= 11 is 0. The number of rotatable bonds is 5. The number of hydrogen-bond acceptors (Lipinski definition) is 6. The van der Waals surface area contributed by atoms with E-state index in [1.54, 1.807) is 0 Å². The molecule has 0 radical (unpaired) electrons. The Morgan fingerprint density at radius 1 is 0.969 bits per heavy atom. The highest BCUT2D eigenvalue weighted by Gasteiger charge is 2.64. The molecule has 0 amide bonds. The van der Waals surface area contributed by atoms with Crippen LogP contribution in [0, 0.1) is 40.4 Å². The lowest BCUT2D eigenvalue weighted by molar-refractivity contribution is -0.194. The summed E-state index contributed by atoms with van der Waals surface area (Å²) in [6, 6.07) is 0.0663. The van der Waals surface area contributed by atoms with E-state index in [1.165, 1.54) is 6.92 Å². The molecule has 0 aromatic heterocycles. The fourth-order valence-electron chi connectivity index (χ4n) is 8.85. The van der Waals surface area contributed by atoms with Gasteiger partial charge < -0.3 is 19.9 Å². The Hall–Kier alpha value is -1.14. The topological polar surface area (TPSA) is 87.8 Å². The fraction of sp³-hybridized carbons (Fsp3) is 0.923. The van der Waals surface area contributed by atoms with Crippen molar-refractivity contribution in [2.24, 2.45) is 46.2 Å². The van der Waals surface area contributed by atoms with E-state index in [2.05, 4.69) is 13.8 Å².